The number of hydrogen-bond acceptors (Lipinski definition) is 3. The van der Waals surface area contributed by atoms with Crippen LogP contribution in [0.15, 0.2) is 146 Å². The molecule has 0 saturated heterocycles. The van der Waals surface area contributed by atoms with Gasteiger partial charge in [-0.05, 0) is 138 Å². The lowest BCUT2D eigenvalue weighted by atomic mass is 9.42. The minimum absolute atomic E-state index is 0.0141. The van der Waals surface area contributed by atoms with Crippen LogP contribution in [-0.2, 0) is 21.7 Å². The number of para-hydroxylation sites is 2. The van der Waals surface area contributed by atoms with Crippen molar-refractivity contribution in [2.45, 2.75) is 96.8 Å². The quantitative estimate of drug-likeness (QED) is 0.164. The van der Waals surface area contributed by atoms with Crippen LogP contribution in [0.5, 0.6) is 0 Å². The Morgan fingerprint density at radius 1 is 0.508 bits per heavy atom. The molecule has 0 radical (unpaired) electrons. The number of fused-ring (bicyclic) bond motifs is 9. The molecule has 1 aromatic heterocycles. The van der Waals surface area contributed by atoms with Gasteiger partial charge >= 0.3 is 6.85 Å². The van der Waals surface area contributed by atoms with Gasteiger partial charge < -0.3 is 9.71 Å². The first-order valence-electron chi connectivity index (χ1n) is 23.0. The normalized spacial score (nSPS) is 17.1. The molecule has 0 bridgehead atoms. The molecule has 4 aliphatic rings. The van der Waals surface area contributed by atoms with E-state index in [1.54, 1.807) is 0 Å². The van der Waals surface area contributed by atoms with Crippen molar-refractivity contribution in [2.75, 3.05) is 9.71 Å². The minimum atomic E-state index is -0.176. The summed E-state index contributed by atoms with van der Waals surface area (Å²) >= 11 is 2.00. The van der Waals surface area contributed by atoms with E-state index in [-0.39, 0.29) is 28.5 Å². The van der Waals surface area contributed by atoms with Crippen molar-refractivity contribution in [1.82, 2.24) is 0 Å². The van der Waals surface area contributed by atoms with Crippen molar-refractivity contribution >= 4 is 66.9 Å². The second-order valence-electron chi connectivity index (χ2n) is 21.6. The summed E-state index contributed by atoms with van der Waals surface area (Å²) in [4.78, 5) is 5.47. The molecule has 0 unspecified atom stereocenters. The number of nitrogens with zero attached hydrogens (tertiary/aromatic N) is 2. The highest BCUT2D eigenvalue weighted by Crippen LogP contribution is 2.58. The fourth-order valence-electron chi connectivity index (χ4n) is 11.8. The van der Waals surface area contributed by atoms with Crippen molar-refractivity contribution in [2.24, 2.45) is 0 Å². The molecule has 0 N–H and O–H groups in total. The SMILES string of the molecule is CC(C)(C)c1ccc(N2c3cc(-c4ccccc4)cc4c3B(c3c2sc2cc5c(cc32)C(C)(C)CCC5(C)C)N2c3ccccc3C(C)(C)c3cccc-4c32)c(-c2ccccc2)c1. The zero-order valence-electron chi connectivity index (χ0n) is 38.2. The number of anilines is 5. The third-order valence-electron chi connectivity index (χ3n) is 15.5. The molecule has 310 valence electrons. The van der Waals surface area contributed by atoms with E-state index in [2.05, 4.69) is 218 Å². The molecule has 8 aromatic rings. The predicted octanol–water partition coefficient (Wildman–Crippen LogP) is 15.2. The summed E-state index contributed by atoms with van der Waals surface area (Å²) in [5.74, 6) is 0. The number of benzene rings is 7. The number of thiophene rings is 1. The summed E-state index contributed by atoms with van der Waals surface area (Å²) in [6.45, 7) is 21.7. The lowest BCUT2D eigenvalue weighted by molar-refractivity contribution is 0.332. The molecular weight excluding hydrogens is 780 g/mol. The lowest BCUT2D eigenvalue weighted by Crippen LogP contribution is -2.62. The summed E-state index contributed by atoms with van der Waals surface area (Å²) in [6, 6.07) is 56.2. The average molecular weight is 835 g/mol. The molecule has 3 aliphatic heterocycles. The second kappa shape index (κ2) is 13.1. The number of hydrogen-bond donors (Lipinski definition) is 0. The summed E-state index contributed by atoms with van der Waals surface area (Å²) in [7, 11) is 0. The molecule has 0 spiro atoms. The van der Waals surface area contributed by atoms with Crippen LogP contribution in [0.2, 0.25) is 0 Å². The summed E-state index contributed by atoms with van der Waals surface area (Å²) in [5, 5.41) is 2.72. The van der Waals surface area contributed by atoms with Crippen LogP contribution in [0.4, 0.5) is 27.8 Å². The van der Waals surface area contributed by atoms with Crippen molar-refractivity contribution in [3.8, 4) is 33.4 Å². The molecule has 4 heteroatoms. The summed E-state index contributed by atoms with van der Waals surface area (Å²) < 4.78 is 1.38. The van der Waals surface area contributed by atoms with E-state index in [1.165, 1.54) is 123 Å². The van der Waals surface area contributed by atoms with E-state index >= 15 is 0 Å². The summed E-state index contributed by atoms with van der Waals surface area (Å²) in [5.41, 5.74) is 22.7. The van der Waals surface area contributed by atoms with Gasteiger partial charge in [0.2, 0.25) is 0 Å². The molecule has 4 heterocycles. The molecule has 63 heavy (non-hydrogen) atoms. The molecular formula is C59H55BN2S. The van der Waals surface area contributed by atoms with Gasteiger partial charge in [-0.2, -0.15) is 0 Å². The fraction of sp³-hybridized carbons (Fsp3) is 0.254. The third kappa shape index (κ3) is 5.50. The van der Waals surface area contributed by atoms with Crippen LogP contribution < -0.4 is 20.6 Å². The molecule has 12 rings (SSSR count). The lowest BCUT2D eigenvalue weighted by Gasteiger charge is -2.51. The molecule has 0 amide bonds. The van der Waals surface area contributed by atoms with Gasteiger partial charge in [0, 0.05) is 38.3 Å². The van der Waals surface area contributed by atoms with Crippen LogP contribution >= 0.6 is 11.3 Å². The Morgan fingerprint density at radius 3 is 1.87 bits per heavy atom. The van der Waals surface area contributed by atoms with Crippen molar-refractivity contribution in [1.29, 1.82) is 0 Å². The first kappa shape index (κ1) is 38.8. The predicted molar refractivity (Wildman–Crippen MR) is 273 cm³/mol. The van der Waals surface area contributed by atoms with Crippen molar-refractivity contribution < 1.29 is 0 Å². The maximum atomic E-state index is 2.77. The van der Waals surface area contributed by atoms with E-state index in [4.69, 9.17) is 0 Å². The van der Waals surface area contributed by atoms with Gasteiger partial charge in [0.1, 0.15) is 0 Å². The molecule has 2 nitrogen and oxygen atoms in total. The first-order valence-corrected chi connectivity index (χ1v) is 23.8. The topological polar surface area (TPSA) is 6.48 Å². The van der Waals surface area contributed by atoms with Crippen LogP contribution in [0.25, 0.3) is 43.5 Å². The van der Waals surface area contributed by atoms with Gasteiger partial charge in [0.05, 0.1) is 10.7 Å². The Morgan fingerprint density at radius 2 is 1.16 bits per heavy atom. The highest BCUT2D eigenvalue weighted by molar-refractivity contribution is 7.26. The largest absolute Gasteiger partial charge is 0.376 e. The highest BCUT2D eigenvalue weighted by Gasteiger charge is 2.52. The Bertz CT molecular complexity index is 3200. The van der Waals surface area contributed by atoms with E-state index in [9.17, 15) is 0 Å². The fourth-order valence-corrected chi connectivity index (χ4v) is 13.1. The monoisotopic (exact) mass is 834 g/mol. The van der Waals surface area contributed by atoms with E-state index in [0.29, 0.717) is 0 Å². The van der Waals surface area contributed by atoms with Crippen LogP contribution in [0.3, 0.4) is 0 Å². The van der Waals surface area contributed by atoms with Crippen molar-refractivity contribution in [3.05, 3.63) is 173 Å². The Labute approximate surface area is 378 Å². The molecule has 7 aromatic carbocycles. The van der Waals surface area contributed by atoms with Gasteiger partial charge in [-0.3, -0.25) is 0 Å². The van der Waals surface area contributed by atoms with Crippen LogP contribution in [-0.4, -0.2) is 6.85 Å². The second-order valence-corrected chi connectivity index (χ2v) is 22.6. The highest BCUT2D eigenvalue weighted by atomic mass is 32.1. The van der Waals surface area contributed by atoms with Gasteiger partial charge in [-0.1, -0.05) is 165 Å². The smallest absolute Gasteiger partial charge is 0.334 e. The van der Waals surface area contributed by atoms with Crippen molar-refractivity contribution in [3.63, 3.8) is 0 Å². The van der Waals surface area contributed by atoms with Crippen LogP contribution in [0.1, 0.15) is 103 Å². The zero-order chi connectivity index (χ0) is 43.4. The Kier molecular flexibility index (Phi) is 8.08. The van der Waals surface area contributed by atoms with E-state index < -0.39 is 0 Å². The first-order chi connectivity index (χ1) is 30.1. The maximum Gasteiger partial charge on any atom is 0.334 e. The van der Waals surface area contributed by atoms with Gasteiger partial charge in [-0.25, -0.2) is 0 Å². The van der Waals surface area contributed by atoms with Gasteiger partial charge in [0.25, 0.3) is 0 Å². The number of rotatable bonds is 3. The maximum absolute atomic E-state index is 2.77. The van der Waals surface area contributed by atoms with Gasteiger partial charge in [-0.15, -0.1) is 11.3 Å². The van der Waals surface area contributed by atoms with E-state index in [0.717, 1.165) is 0 Å². The Balaban J connectivity index is 1.27. The molecule has 1 aliphatic carbocycles. The minimum Gasteiger partial charge on any atom is -0.376 e. The molecule has 0 atom stereocenters. The van der Waals surface area contributed by atoms with Gasteiger partial charge in [0.15, 0.2) is 0 Å². The molecule has 0 fully saturated rings. The summed E-state index contributed by atoms with van der Waals surface area (Å²) in [6.07, 6.45) is 2.37. The Hall–Kier alpha value is -5.84. The van der Waals surface area contributed by atoms with E-state index in [1.807, 2.05) is 11.3 Å². The van der Waals surface area contributed by atoms with Crippen LogP contribution in [0, 0.1) is 0 Å². The zero-order valence-corrected chi connectivity index (χ0v) is 39.0. The molecule has 0 saturated carbocycles. The average Bonchev–Trinajstić information content (AvgIpc) is 3.65. The standard InChI is InChI=1S/C59H55BN2S/c1-56(2,3)39-27-28-48(41(33-39)37-21-14-11-15-22-37)61-50-32-38(36-19-12-10-13-20-36)31-42-40-23-18-25-45-54(40)62(49-26-17-16-24-44(49)59(45,8)9)60(52(42)50)53-43-34-46-47(35-51(43)63-55(53)61)58(6,7)30-29-57(46,4)5/h10-28,31-35H,29-30H2,1-9H3. The third-order valence-corrected chi connectivity index (χ3v) is 16.6.